The maximum atomic E-state index is 12.6. The van der Waals surface area contributed by atoms with Crippen LogP contribution < -0.4 is 0 Å². The minimum atomic E-state index is -3.45. The SMILES string of the molecule is Cn1cc([C@@]2(C)CN(S(=O)(=O)c3cccs3)CCO2)cn1. The number of morpholine rings is 1. The summed E-state index contributed by atoms with van der Waals surface area (Å²) in [5.41, 5.74) is 0.215. The summed E-state index contributed by atoms with van der Waals surface area (Å²) < 4.78 is 34.7. The molecule has 1 aliphatic heterocycles. The predicted octanol–water partition coefficient (Wildman–Crippen LogP) is 1.42. The van der Waals surface area contributed by atoms with Crippen molar-refractivity contribution in [2.45, 2.75) is 16.7 Å². The summed E-state index contributed by atoms with van der Waals surface area (Å²) in [6.45, 7) is 2.94. The van der Waals surface area contributed by atoms with Crippen molar-refractivity contribution in [2.24, 2.45) is 7.05 Å². The highest BCUT2D eigenvalue weighted by Gasteiger charge is 2.40. The molecule has 8 heteroatoms. The molecule has 1 saturated heterocycles. The van der Waals surface area contributed by atoms with Crippen LogP contribution in [0.3, 0.4) is 0 Å². The molecule has 6 nitrogen and oxygen atoms in total. The number of aromatic nitrogens is 2. The molecule has 0 aliphatic carbocycles. The molecule has 21 heavy (non-hydrogen) atoms. The van der Waals surface area contributed by atoms with Gasteiger partial charge in [0.1, 0.15) is 9.81 Å². The number of ether oxygens (including phenoxy) is 1. The zero-order valence-corrected chi connectivity index (χ0v) is 13.5. The van der Waals surface area contributed by atoms with Crippen LogP contribution in [-0.4, -0.2) is 42.2 Å². The Morgan fingerprint density at radius 3 is 2.90 bits per heavy atom. The van der Waals surface area contributed by atoms with Crippen molar-refractivity contribution in [1.82, 2.24) is 14.1 Å². The summed E-state index contributed by atoms with van der Waals surface area (Å²) in [6, 6.07) is 3.38. The predicted molar refractivity (Wildman–Crippen MR) is 79.6 cm³/mol. The lowest BCUT2D eigenvalue weighted by Gasteiger charge is -2.39. The molecule has 0 bridgehead atoms. The van der Waals surface area contributed by atoms with Crippen molar-refractivity contribution in [2.75, 3.05) is 19.7 Å². The van der Waals surface area contributed by atoms with Gasteiger partial charge in [0, 0.05) is 31.9 Å². The van der Waals surface area contributed by atoms with Crippen molar-refractivity contribution in [3.63, 3.8) is 0 Å². The number of sulfonamides is 1. The Morgan fingerprint density at radius 1 is 1.48 bits per heavy atom. The van der Waals surface area contributed by atoms with Crippen LogP contribution in [0, 0.1) is 0 Å². The van der Waals surface area contributed by atoms with Crippen LogP contribution in [0.2, 0.25) is 0 Å². The number of hydrogen-bond acceptors (Lipinski definition) is 5. The summed E-state index contributed by atoms with van der Waals surface area (Å²) in [4.78, 5) is 0. The van der Waals surface area contributed by atoms with Crippen molar-refractivity contribution in [3.8, 4) is 0 Å². The van der Waals surface area contributed by atoms with E-state index < -0.39 is 15.6 Å². The van der Waals surface area contributed by atoms with Gasteiger partial charge in [0.05, 0.1) is 12.8 Å². The van der Waals surface area contributed by atoms with E-state index in [-0.39, 0.29) is 0 Å². The largest absolute Gasteiger partial charge is 0.368 e. The summed E-state index contributed by atoms with van der Waals surface area (Å²) in [5, 5.41) is 5.92. The molecule has 0 N–H and O–H groups in total. The molecule has 0 spiro atoms. The van der Waals surface area contributed by atoms with Gasteiger partial charge in [-0.25, -0.2) is 8.42 Å². The van der Waals surface area contributed by atoms with Gasteiger partial charge in [-0.15, -0.1) is 11.3 Å². The lowest BCUT2D eigenvalue weighted by molar-refractivity contribution is -0.0820. The number of rotatable bonds is 3. The number of hydrogen-bond donors (Lipinski definition) is 0. The van der Waals surface area contributed by atoms with E-state index in [1.165, 1.54) is 15.6 Å². The Morgan fingerprint density at radius 2 is 2.29 bits per heavy atom. The molecule has 0 saturated carbocycles. The van der Waals surface area contributed by atoms with Crippen molar-refractivity contribution in [1.29, 1.82) is 0 Å². The maximum absolute atomic E-state index is 12.6. The van der Waals surface area contributed by atoms with Crippen molar-refractivity contribution < 1.29 is 13.2 Å². The van der Waals surface area contributed by atoms with Crippen LogP contribution in [0.15, 0.2) is 34.1 Å². The van der Waals surface area contributed by atoms with Crippen LogP contribution in [0.1, 0.15) is 12.5 Å². The second kappa shape index (κ2) is 5.20. The van der Waals surface area contributed by atoms with E-state index in [1.54, 1.807) is 28.4 Å². The molecule has 0 radical (unpaired) electrons. The second-order valence-corrected chi connectivity index (χ2v) is 8.37. The Balaban J connectivity index is 1.90. The Labute approximate surface area is 128 Å². The highest BCUT2D eigenvalue weighted by molar-refractivity contribution is 7.91. The minimum Gasteiger partial charge on any atom is -0.368 e. The zero-order valence-electron chi connectivity index (χ0n) is 11.9. The molecule has 1 fully saturated rings. The van der Waals surface area contributed by atoms with E-state index >= 15 is 0 Å². The molecule has 3 heterocycles. The van der Waals surface area contributed by atoms with Crippen LogP contribution in [0.25, 0.3) is 0 Å². The summed E-state index contributed by atoms with van der Waals surface area (Å²) in [7, 11) is -1.62. The molecule has 0 aromatic carbocycles. The van der Waals surface area contributed by atoms with Crippen LogP contribution in [0.4, 0.5) is 0 Å². The van der Waals surface area contributed by atoms with E-state index in [0.717, 1.165) is 5.56 Å². The van der Waals surface area contributed by atoms with Gasteiger partial charge < -0.3 is 4.74 Å². The van der Waals surface area contributed by atoms with Gasteiger partial charge >= 0.3 is 0 Å². The molecule has 0 unspecified atom stereocenters. The molecular weight excluding hydrogens is 310 g/mol. The highest BCUT2D eigenvalue weighted by Crippen LogP contribution is 2.32. The van der Waals surface area contributed by atoms with E-state index in [9.17, 15) is 8.42 Å². The van der Waals surface area contributed by atoms with E-state index in [0.29, 0.717) is 23.9 Å². The first-order valence-electron chi connectivity index (χ1n) is 6.58. The van der Waals surface area contributed by atoms with Crippen molar-refractivity contribution >= 4 is 21.4 Å². The van der Waals surface area contributed by atoms with Crippen LogP contribution in [0.5, 0.6) is 0 Å². The monoisotopic (exact) mass is 327 g/mol. The topological polar surface area (TPSA) is 64.4 Å². The van der Waals surface area contributed by atoms with Crippen LogP contribution in [-0.2, 0) is 27.4 Å². The van der Waals surface area contributed by atoms with Gasteiger partial charge in [-0.1, -0.05) is 6.07 Å². The summed E-state index contributed by atoms with van der Waals surface area (Å²) >= 11 is 1.24. The quantitative estimate of drug-likeness (QED) is 0.855. The fourth-order valence-electron chi connectivity index (χ4n) is 2.45. The third-order valence-corrected chi connectivity index (χ3v) is 6.86. The molecular formula is C13H17N3O3S2. The van der Waals surface area contributed by atoms with E-state index in [2.05, 4.69) is 5.10 Å². The number of thiophene rings is 1. The standard InChI is InChI=1S/C13H17N3O3S2/c1-13(11-8-14-15(2)9-11)10-16(5-6-19-13)21(17,18)12-4-3-7-20-12/h3-4,7-9H,5-6,10H2,1-2H3/t13-/m1/s1. The molecule has 2 aromatic rings. The number of aryl methyl sites for hydroxylation is 1. The lowest BCUT2D eigenvalue weighted by Crippen LogP contribution is -2.50. The average molecular weight is 327 g/mol. The van der Waals surface area contributed by atoms with Gasteiger partial charge in [-0.05, 0) is 18.4 Å². The molecule has 1 atom stereocenters. The summed E-state index contributed by atoms with van der Waals surface area (Å²) in [6.07, 6.45) is 3.59. The number of nitrogens with zero attached hydrogens (tertiary/aromatic N) is 3. The average Bonchev–Trinajstić information content (AvgIpc) is 3.10. The van der Waals surface area contributed by atoms with Gasteiger partial charge in [-0.2, -0.15) is 9.40 Å². The maximum Gasteiger partial charge on any atom is 0.252 e. The van der Waals surface area contributed by atoms with Gasteiger partial charge in [0.2, 0.25) is 0 Å². The van der Waals surface area contributed by atoms with Gasteiger partial charge in [0.15, 0.2) is 0 Å². The fourth-order valence-corrected chi connectivity index (χ4v) is 5.10. The van der Waals surface area contributed by atoms with Gasteiger partial charge in [0.25, 0.3) is 10.0 Å². The van der Waals surface area contributed by atoms with E-state index in [1.807, 2.05) is 20.2 Å². The molecule has 3 rings (SSSR count). The highest BCUT2D eigenvalue weighted by atomic mass is 32.2. The molecule has 1 aliphatic rings. The molecule has 0 amide bonds. The van der Waals surface area contributed by atoms with Crippen molar-refractivity contribution in [3.05, 3.63) is 35.5 Å². The first kappa shape index (κ1) is 14.7. The third kappa shape index (κ3) is 2.64. The fraction of sp³-hybridized carbons (Fsp3) is 0.462. The Bertz CT molecular complexity index is 724. The zero-order chi connectivity index (χ0) is 15.1. The normalized spacial score (nSPS) is 24.3. The molecule has 114 valence electrons. The lowest BCUT2D eigenvalue weighted by atomic mass is 9.98. The second-order valence-electron chi connectivity index (χ2n) is 5.25. The minimum absolute atomic E-state index is 0.291. The smallest absolute Gasteiger partial charge is 0.252 e. The summed E-state index contributed by atoms with van der Waals surface area (Å²) in [5.74, 6) is 0. The van der Waals surface area contributed by atoms with E-state index in [4.69, 9.17) is 4.74 Å². The molecule has 2 aromatic heterocycles. The first-order chi connectivity index (χ1) is 9.92. The van der Waals surface area contributed by atoms with Crippen LogP contribution >= 0.6 is 11.3 Å². The first-order valence-corrected chi connectivity index (χ1v) is 8.90. The van der Waals surface area contributed by atoms with Gasteiger partial charge in [-0.3, -0.25) is 4.68 Å². The Hall–Kier alpha value is -1.22. The Kier molecular flexibility index (Phi) is 3.64. The third-order valence-electron chi connectivity index (χ3n) is 3.64.